The Hall–Kier alpha value is -2.73. The van der Waals surface area contributed by atoms with Crippen LogP contribution in [0.5, 0.6) is 0 Å². The lowest BCUT2D eigenvalue weighted by atomic mass is 9.94. The summed E-state index contributed by atoms with van der Waals surface area (Å²) in [5, 5.41) is 1.00. The van der Waals surface area contributed by atoms with Gasteiger partial charge in [-0.15, -0.1) is 0 Å². The smallest absolute Gasteiger partial charge is 0.336 e. The van der Waals surface area contributed by atoms with Crippen molar-refractivity contribution in [3.8, 4) is 0 Å². The van der Waals surface area contributed by atoms with Crippen LogP contribution in [0.4, 0.5) is 0 Å². The number of fused-ring (bicyclic) bond motifs is 1. The van der Waals surface area contributed by atoms with E-state index in [1.165, 1.54) is 6.33 Å². The average Bonchev–Trinajstić information content (AvgIpc) is 2.63. The molecule has 2 aromatic heterocycles. The highest BCUT2D eigenvalue weighted by Crippen LogP contribution is 2.28. The van der Waals surface area contributed by atoms with Crippen LogP contribution in [0.1, 0.15) is 41.1 Å². The minimum Gasteiger partial charge on any atom is -0.422 e. The Labute approximate surface area is 156 Å². The third-order valence-corrected chi connectivity index (χ3v) is 5.28. The van der Waals surface area contributed by atoms with Crippen molar-refractivity contribution in [2.45, 2.75) is 39.2 Å². The van der Waals surface area contributed by atoms with E-state index in [0.29, 0.717) is 12.1 Å². The second-order valence-corrected chi connectivity index (χ2v) is 7.46. The molecule has 6 heteroatoms. The molecule has 1 atom stereocenters. The first-order chi connectivity index (χ1) is 13.0. The van der Waals surface area contributed by atoms with E-state index in [-0.39, 0.29) is 17.1 Å². The monoisotopic (exact) mass is 365 g/mol. The van der Waals surface area contributed by atoms with Crippen LogP contribution in [0.15, 0.2) is 44.6 Å². The van der Waals surface area contributed by atoms with Crippen LogP contribution in [0.3, 0.4) is 0 Å². The van der Waals surface area contributed by atoms with Crippen molar-refractivity contribution in [1.29, 1.82) is 0 Å². The van der Waals surface area contributed by atoms with Crippen LogP contribution in [-0.4, -0.2) is 28.0 Å². The van der Waals surface area contributed by atoms with Crippen molar-refractivity contribution < 1.29 is 4.42 Å². The van der Waals surface area contributed by atoms with Crippen molar-refractivity contribution in [3.63, 3.8) is 0 Å². The van der Waals surface area contributed by atoms with Gasteiger partial charge in [0.1, 0.15) is 5.58 Å². The van der Waals surface area contributed by atoms with Gasteiger partial charge in [0.15, 0.2) is 0 Å². The Balaban J connectivity index is 1.64. The number of benzene rings is 1. The van der Waals surface area contributed by atoms with Crippen molar-refractivity contribution in [3.05, 3.63) is 73.8 Å². The zero-order valence-electron chi connectivity index (χ0n) is 15.6. The number of aromatic nitrogens is 2. The van der Waals surface area contributed by atoms with Gasteiger partial charge < -0.3 is 9.40 Å². The molecule has 6 nitrogen and oxygen atoms in total. The fraction of sp³-hybridized carbons (Fsp3) is 0.381. The van der Waals surface area contributed by atoms with Gasteiger partial charge in [0.2, 0.25) is 0 Å². The summed E-state index contributed by atoms with van der Waals surface area (Å²) in [7, 11) is 0. The van der Waals surface area contributed by atoms with Crippen molar-refractivity contribution in [2.75, 3.05) is 13.1 Å². The van der Waals surface area contributed by atoms with Gasteiger partial charge in [0.25, 0.3) is 5.56 Å². The van der Waals surface area contributed by atoms with Crippen LogP contribution in [0.2, 0.25) is 0 Å². The Morgan fingerprint density at radius 3 is 2.89 bits per heavy atom. The molecule has 0 radical (unpaired) electrons. The first kappa shape index (κ1) is 17.7. The number of aromatic amines is 1. The maximum atomic E-state index is 12.1. The Bertz CT molecular complexity index is 1100. The largest absolute Gasteiger partial charge is 0.422 e. The maximum Gasteiger partial charge on any atom is 0.336 e. The SMILES string of the molecule is Cc1cc(C)c2oc(=O)cc(CN3CCCC(c4cc(=O)[nH]cn4)C3)c2c1. The fourth-order valence-electron chi connectivity index (χ4n) is 4.10. The molecule has 0 saturated carbocycles. The third kappa shape index (κ3) is 3.71. The number of likely N-dealkylation sites (tertiary alicyclic amines) is 1. The summed E-state index contributed by atoms with van der Waals surface area (Å²) in [5.41, 5.74) is 4.21. The molecular formula is C21H23N3O3. The molecule has 1 unspecified atom stereocenters. The topological polar surface area (TPSA) is 79.2 Å². The van der Waals surface area contributed by atoms with Crippen LogP contribution in [0, 0.1) is 13.8 Å². The van der Waals surface area contributed by atoms with Gasteiger partial charge in [-0.05, 0) is 56.0 Å². The summed E-state index contributed by atoms with van der Waals surface area (Å²) in [5.74, 6) is 0.232. The lowest BCUT2D eigenvalue weighted by molar-refractivity contribution is 0.198. The number of hydrogen-bond acceptors (Lipinski definition) is 5. The van der Waals surface area contributed by atoms with Gasteiger partial charge in [0.05, 0.1) is 12.0 Å². The highest BCUT2D eigenvalue weighted by Gasteiger charge is 2.23. The lowest BCUT2D eigenvalue weighted by Gasteiger charge is -2.32. The average molecular weight is 365 g/mol. The fourth-order valence-corrected chi connectivity index (χ4v) is 4.10. The highest BCUT2D eigenvalue weighted by atomic mass is 16.4. The van der Waals surface area contributed by atoms with E-state index in [1.54, 1.807) is 12.1 Å². The van der Waals surface area contributed by atoms with Gasteiger partial charge in [-0.1, -0.05) is 6.07 Å². The first-order valence-corrected chi connectivity index (χ1v) is 9.30. The quantitative estimate of drug-likeness (QED) is 0.722. The molecular weight excluding hydrogens is 342 g/mol. The van der Waals surface area contributed by atoms with Gasteiger partial charge in [-0.3, -0.25) is 9.69 Å². The number of H-pyrrole nitrogens is 1. The van der Waals surface area contributed by atoms with Crippen molar-refractivity contribution in [2.24, 2.45) is 0 Å². The van der Waals surface area contributed by atoms with Crippen LogP contribution < -0.4 is 11.2 Å². The van der Waals surface area contributed by atoms with Gasteiger partial charge in [-0.2, -0.15) is 0 Å². The molecule has 0 bridgehead atoms. The predicted octanol–water partition coefficient (Wildman–Crippen LogP) is 2.87. The molecule has 3 heterocycles. The molecule has 1 aliphatic rings. The maximum absolute atomic E-state index is 12.1. The summed E-state index contributed by atoms with van der Waals surface area (Å²) in [6.45, 7) is 6.49. The molecule has 1 N–H and O–H groups in total. The number of rotatable bonds is 3. The molecule has 1 saturated heterocycles. The molecule has 140 valence electrons. The van der Waals surface area contributed by atoms with E-state index in [0.717, 1.165) is 53.7 Å². The van der Waals surface area contributed by atoms with Crippen LogP contribution >= 0.6 is 0 Å². The summed E-state index contributed by atoms with van der Waals surface area (Å²) >= 11 is 0. The van der Waals surface area contributed by atoms with E-state index in [4.69, 9.17) is 4.42 Å². The molecule has 0 aliphatic carbocycles. The van der Waals surface area contributed by atoms with E-state index in [2.05, 4.69) is 27.9 Å². The summed E-state index contributed by atoms with van der Waals surface area (Å²) in [4.78, 5) is 32.9. The third-order valence-electron chi connectivity index (χ3n) is 5.28. The van der Waals surface area contributed by atoms with E-state index >= 15 is 0 Å². The standard InChI is InChI=1S/C21H23N3O3/c1-13-6-14(2)21-17(7-13)16(8-20(26)27-21)11-24-5-3-4-15(10-24)18-9-19(25)23-12-22-18/h6-9,12,15H,3-5,10-11H2,1-2H3,(H,22,23,25). The molecule has 1 aromatic carbocycles. The number of hydrogen-bond donors (Lipinski definition) is 1. The summed E-state index contributed by atoms with van der Waals surface area (Å²) in [6.07, 6.45) is 3.53. The van der Waals surface area contributed by atoms with Gasteiger partial charge >= 0.3 is 5.63 Å². The molecule has 1 fully saturated rings. The second kappa shape index (κ2) is 7.12. The minimum absolute atomic E-state index is 0.116. The molecule has 3 aromatic rings. The molecule has 27 heavy (non-hydrogen) atoms. The minimum atomic E-state index is -0.311. The highest BCUT2D eigenvalue weighted by molar-refractivity contribution is 5.83. The van der Waals surface area contributed by atoms with Gasteiger partial charge in [0, 0.05) is 36.5 Å². The number of aryl methyl sites for hydroxylation is 2. The number of nitrogens with zero attached hydrogens (tertiary/aromatic N) is 2. The summed E-state index contributed by atoms with van der Waals surface area (Å²) < 4.78 is 5.46. The lowest BCUT2D eigenvalue weighted by Crippen LogP contribution is -2.34. The van der Waals surface area contributed by atoms with Crippen LogP contribution in [0.25, 0.3) is 11.0 Å². The van der Waals surface area contributed by atoms with Crippen molar-refractivity contribution in [1.82, 2.24) is 14.9 Å². The van der Waals surface area contributed by atoms with E-state index in [1.807, 2.05) is 13.0 Å². The second-order valence-electron chi connectivity index (χ2n) is 7.46. The Kier molecular flexibility index (Phi) is 4.66. The molecule has 0 spiro atoms. The zero-order valence-corrected chi connectivity index (χ0v) is 15.6. The molecule has 1 aliphatic heterocycles. The van der Waals surface area contributed by atoms with Gasteiger partial charge in [-0.25, -0.2) is 9.78 Å². The van der Waals surface area contributed by atoms with Crippen molar-refractivity contribution >= 4 is 11.0 Å². The van der Waals surface area contributed by atoms with E-state index < -0.39 is 0 Å². The molecule has 0 amide bonds. The summed E-state index contributed by atoms with van der Waals surface area (Å²) in [6, 6.07) is 7.31. The Morgan fingerprint density at radius 2 is 2.07 bits per heavy atom. The normalized spacial score (nSPS) is 18.1. The number of piperidine rings is 1. The first-order valence-electron chi connectivity index (χ1n) is 9.30. The number of nitrogens with one attached hydrogen (secondary N) is 1. The molecule has 4 rings (SSSR count). The van der Waals surface area contributed by atoms with Crippen LogP contribution in [-0.2, 0) is 6.54 Å². The zero-order chi connectivity index (χ0) is 19.0. The predicted molar refractivity (Wildman–Crippen MR) is 104 cm³/mol. The Morgan fingerprint density at radius 1 is 1.22 bits per heavy atom. The van der Waals surface area contributed by atoms with E-state index in [9.17, 15) is 9.59 Å².